The number of anilines is 2. The van der Waals surface area contributed by atoms with Crippen molar-refractivity contribution in [2.45, 2.75) is 18.7 Å². The molecule has 3 rings (SSSR count). The molecule has 2 aromatic rings. The van der Waals surface area contributed by atoms with Crippen LogP contribution >= 0.6 is 0 Å². The van der Waals surface area contributed by atoms with Crippen molar-refractivity contribution in [2.75, 3.05) is 29.9 Å². The molecular formula is C19H17F5N4O3. The van der Waals surface area contributed by atoms with E-state index in [2.05, 4.69) is 15.3 Å². The first kappa shape index (κ1) is 22.6. The predicted octanol–water partition coefficient (Wildman–Crippen LogP) is 2.57. The summed E-state index contributed by atoms with van der Waals surface area (Å²) in [5.74, 6) is -3.18. The number of carbonyl (C=O) groups is 1. The van der Waals surface area contributed by atoms with Crippen LogP contribution in [0.1, 0.15) is 23.8 Å². The van der Waals surface area contributed by atoms with Crippen LogP contribution in [0.2, 0.25) is 0 Å². The van der Waals surface area contributed by atoms with Crippen LogP contribution in [-0.2, 0) is 11.0 Å². The number of amides is 1. The molecule has 0 saturated heterocycles. The van der Waals surface area contributed by atoms with Gasteiger partial charge in [-0.2, -0.15) is 17.6 Å². The molecule has 1 aromatic carbocycles. The highest BCUT2D eigenvalue weighted by Gasteiger charge is 2.34. The maximum absolute atomic E-state index is 14.2. The van der Waals surface area contributed by atoms with E-state index in [1.165, 1.54) is 11.0 Å². The van der Waals surface area contributed by atoms with Gasteiger partial charge < -0.3 is 20.4 Å². The molecule has 1 aliphatic rings. The Hall–Kier alpha value is -3.12. The molecule has 7 nitrogen and oxygen atoms in total. The van der Waals surface area contributed by atoms with Gasteiger partial charge in [0.25, 0.3) is 11.9 Å². The molecule has 0 radical (unpaired) electrons. The molecule has 1 atom stereocenters. The largest absolute Gasteiger partial charge is 0.419 e. The van der Waals surface area contributed by atoms with Crippen LogP contribution < -0.4 is 10.2 Å². The molecule has 1 aliphatic heterocycles. The van der Waals surface area contributed by atoms with E-state index in [9.17, 15) is 31.9 Å². The molecule has 0 aliphatic carbocycles. The standard InChI is InChI=1S/C19H17F5N4O3/c20-13-7-11(1-2-12(13)19(22,23)24)26-18(31)10-3-5-28(6-4-10)17-16(21)27-14(8-25-17)15(30)9-29/h1-3,7-8,15,29-30H,4-6,9H2,(H,26,31)/t15-/m1/s1. The molecule has 1 aromatic heterocycles. The third-order valence-corrected chi connectivity index (χ3v) is 4.58. The van der Waals surface area contributed by atoms with Gasteiger partial charge >= 0.3 is 6.18 Å². The summed E-state index contributed by atoms with van der Waals surface area (Å²) in [4.78, 5) is 21.3. The van der Waals surface area contributed by atoms with Crippen molar-refractivity contribution in [3.63, 3.8) is 0 Å². The number of carbonyl (C=O) groups excluding carboxylic acids is 1. The van der Waals surface area contributed by atoms with E-state index < -0.39 is 42.1 Å². The summed E-state index contributed by atoms with van der Waals surface area (Å²) in [5, 5.41) is 20.7. The summed E-state index contributed by atoms with van der Waals surface area (Å²) in [5.41, 5.74) is -1.40. The average molecular weight is 444 g/mol. The molecule has 12 heteroatoms. The monoisotopic (exact) mass is 444 g/mol. The molecule has 0 saturated carbocycles. The second-order valence-corrected chi connectivity index (χ2v) is 6.68. The highest BCUT2D eigenvalue weighted by molar-refractivity contribution is 6.04. The number of alkyl halides is 3. The van der Waals surface area contributed by atoms with Gasteiger partial charge in [-0.25, -0.2) is 14.4 Å². The number of aliphatic hydroxyl groups excluding tert-OH is 2. The zero-order valence-corrected chi connectivity index (χ0v) is 15.8. The topological polar surface area (TPSA) is 98.6 Å². The third-order valence-electron chi connectivity index (χ3n) is 4.58. The summed E-state index contributed by atoms with van der Waals surface area (Å²) >= 11 is 0. The van der Waals surface area contributed by atoms with E-state index in [0.29, 0.717) is 12.1 Å². The lowest BCUT2D eigenvalue weighted by molar-refractivity contribution is -0.139. The normalized spacial score (nSPS) is 15.5. The minimum absolute atomic E-state index is 0.0949. The lowest BCUT2D eigenvalue weighted by Gasteiger charge is -2.27. The molecular weight excluding hydrogens is 427 g/mol. The van der Waals surface area contributed by atoms with Crippen molar-refractivity contribution in [3.05, 3.63) is 59.1 Å². The van der Waals surface area contributed by atoms with Gasteiger partial charge in [0, 0.05) is 24.4 Å². The van der Waals surface area contributed by atoms with Crippen LogP contribution in [0, 0.1) is 11.8 Å². The number of nitrogens with zero attached hydrogens (tertiary/aromatic N) is 3. The maximum Gasteiger partial charge on any atom is 0.419 e. The van der Waals surface area contributed by atoms with Gasteiger partial charge in [0.05, 0.1) is 24.1 Å². The van der Waals surface area contributed by atoms with Crippen molar-refractivity contribution in [2.24, 2.45) is 0 Å². The molecule has 0 bridgehead atoms. The zero-order chi connectivity index (χ0) is 22.8. The van der Waals surface area contributed by atoms with Gasteiger partial charge in [-0.05, 0) is 24.6 Å². The van der Waals surface area contributed by atoms with E-state index >= 15 is 0 Å². The van der Waals surface area contributed by atoms with Crippen molar-refractivity contribution in [1.29, 1.82) is 0 Å². The SMILES string of the molecule is O=C(Nc1ccc(C(F)(F)F)c(F)c1)C1=CCN(c2ncc([C@H](O)CO)nc2F)CC1. The van der Waals surface area contributed by atoms with Crippen LogP contribution in [0.4, 0.5) is 33.5 Å². The van der Waals surface area contributed by atoms with E-state index in [1.54, 1.807) is 0 Å². The molecule has 1 amide bonds. The number of hydrogen-bond acceptors (Lipinski definition) is 6. The highest BCUT2D eigenvalue weighted by atomic mass is 19.4. The van der Waals surface area contributed by atoms with E-state index in [0.717, 1.165) is 12.3 Å². The van der Waals surface area contributed by atoms with Gasteiger partial charge in [-0.3, -0.25) is 4.79 Å². The molecule has 166 valence electrons. The van der Waals surface area contributed by atoms with Crippen molar-refractivity contribution in [3.8, 4) is 0 Å². The number of nitrogens with one attached hydrogen (secondary N) is 1. The Bertz CT molecular complexity index is 1010. The Balaban J connectivity index is 1.66. The first-order valence-corrected chi connectivity index (χ1v) is 9.03. The van der Waals surface area contributed by atoms with E-state index in [4.69, 9.17) is 5.11 Å². The second-order valence-electron chi connectivity index (χ2n) is 6.68. The van der Waals surface area contributed by atoms with E-state index in [-0.39, 0.29) is 42.3 Å². The Morgan fingerprint density at radius 2 is 2.03 bits per heavy atom. The fourth-order valence-electron chi connectivity index (χ4n) is 2.94. The van der Waals surface area contributed by atoms with Crippen molar-refractivity contribution >= 4 is 17.4 Å². The van der Waals surface area contributed by atoms with Crippen molar-refractivity contribution < 1.29 is 37.0 Å². The second kappa shape index (κ2) is 8.94. The average Bonchev–Trinajstić information content (AvgIpc) is 2.72. The van der Waals surface area contributed by atoms with Crippen LogP contribution in [0.25, 0.3) is 0 Å². The van der Waals surface area contributed by atoms with Gasteiger partial charge in [-0.1, -0.05) is 6.08 Å². The zero-order valence-electron chi connectivity index (χ0n) is 15.8. The fourth-order valence-corrected chi connectivity index (χ4v) is 2.94. The predicted molar refractivity (Wildman–Crippen MR) is 99.0 cm³/mol. The van der Waals surface area contributed by atoms with Gasteiger partial charge in [0.1, 0.15) is 11.9 Å². The summed E-state index contributed by atoms with van der Waals surface area (Å²) in [6, 6.07) is 2.08. The Morgan fingerprint density at radius 3 is 2.58 bits per heavy atom. The minimum Gasteiger partial charge on any atom is -0.393 e. The molecule has 31 heavy (non-hydrogen) atoms. The summed E-state index contributed by atoms with van der Waals surface area (Å²) < 4.78 is 65.7. The van der Waals surface area contributed by atoms with Gasteiger partial charge in [0.15, 0.2) is 5.82 Å². The minimum atomic E-state index is -4.84. The summed E-state index contributed by atoms with van der Waals surface area (Å²) in [7, 11) is 0. The Kier molecular flexibility index (Phi) is 6.51. The summed E-state index contributed by atoms with van der Waals surface area (Å²) in [6.45, 7) is -0.354. The summed E-state index contributed by atoms with van der Waals surface area (Å²) in [6.07, 6.45) is -3.42. The van der Waals surface area contributed by atoms with Gasteiger partial charge in [-0.15, -0.1) is 0 Å². The number of aliphatic hydroxyl groups is 2. The Morgan fingerprint density at radius 1 is 1.29 bits per heavy atom. The third kappa shape index (κ3) is 5.14. The quantitative estimate of drug-likeness (QED) is 0.614. The number of rotatable bonds is 5. The fraction of sp³-hybridized carbons (Fsp3) is 0.316. The molecule has 0 unspecified atom stereocenters. The molecule has 0 spiro atoms. The Labute approximate surface area is 172 Å². The number of halogens is 5. The lowest BCUT2D eigenvalue weighted by atomic mass is 10.1. The molecule has 2 heterocycles. The number of benzene rings is 1. The van der Waals surface area contributed by atoms with Crippen LogP contribution in [0.15, 0.2) is 36.0 Å². The number of hydrogen-bond donors (Lipinski definition) is 3. The van der Waals surface area contributed by atoms with Crippen LogP contribution in [-0.4, -0.2) is 45.8 Å². The van der Waals surface area contributed by atoms with E-state index in [1.807, 2.05) is 0 Å². The van der Waals surface area contributed by atoms with Gasteiger partial charge in [0.2, 0.25) is 0 Å². The smallest absolute Gasteiger partial charge is 0.393 e. The van der Waals surface area contributed by atoms with Crippen LogP contribution in [0.3, 0.4) is 0 Å². The molecule has 3 N–H and O–H groups in total. The first-order chi connectivity index (χ1) is 14.6. The van der Waals surface area contributed by atoms with Crippen molar-refractivity contribution in [1.82, 2.24) is 9.97 Å². The highest BCUT2D eigenvalue weighted by Crippen LogP contribution is 2.32. The number of aromatic nitrogens is 2. The molecule has 0 fully saturated rings. The first-order valence-electron chi connectivity index (χ1n) is 9.03. The maximum atomic E-state index is 14.2. The van der Waals surface area contributed by atoms with Crippen LogP contribution in [0.5, 0.6) is 0 Å². The lowest BCUT2D eigenvalue weighted by Crippen LogP contribution is -2.33.